The monoisotopic (exact) mass is 433 g/mol. The zero-order valence-electron chi connectivity index (χ0n) is 14.9. The number of carbonyl (C=O) groups excluding carboxylic acids is 3. The summed E-state index contributed by atoms with van der Waals surface area (Å²) in [5.41, 5.74) is 0.431. The fraction of sp³-hybridized carbons (Fsp3) is 0.526. The number of methoxy groups -OCH3 is 1. The predicted molar refractivity (Wildman–Crippen MR) is 99.8 cm³/mol. The third kappa shape index (κ3) is 2.01. The number of anilines is 1. The van der Waals surface area contributed by atoms with E-state index in [0.29, 0.717) is 6.61 Å². The Balaban J connectivity index is 1.69. The molecule has 4 atom stereocenters. The molecule has 0 saturated carbocycles. The fourth-order valence-corrected chi connectivity index (χ4v) is 6.00. The van der Waals surface area contributed by atoms with Crippen LogP contribution in [0, 0.1) is 11.8 Å². The molecule has 27 heavy (non-hydrogen) atoms. The molecule has 0 unspecified atom stereocenters. The van der Waals surface area contributed by atoms with Gasteiger partial charge in [-0.15, -0.1) is 0 Å². The Morgan fingerprint density at radius 2 is 2.11 bits per heavy atom. The van der Waals surface area contributed by atoms with Crippen LogP contribution in [-0.4, -0.2) is 60.4 Å². The molecule has 0 aromatic heterocycles. The average molecular weight is 434 g/mol. The van der Waals surface area contributed by atoms with Crippen LogP contribution < -0.4 is 5.32 Å². The second-order valence-corrected chi connectivity index (χ2v) is 8.55. The van der Waals surface area contributed by atoms with Gasteiger partial charge in [0.15, 0.2) is 0 Å². The van der Waals surface area contributed by atoms with Crippen LogP contribution in [0.2, 0.25) is 0 Å². The lowest BCUT2D eigenvalue weighted by Crippen LogP contribution is -2.54. The number of carbonyl (C=O) groups is 3. The molecular formula is C19H20BrN3O4. The van der Waals surface area contributed by atoms with Crippen LogP contribution in [0.5, 0.6) is 0 Å². The number of rotatable bonds is 3. The SMILES string of the molecule is COCCN1C(=O)[C@H]2[C@H]3CCCN3[C@@]3(C(=O)Nc4ccc(Br)cc43)[C@@H]2C1=O. The van der Waals surface area contributed by atoms with Crippen molar-refractivity contribution in [2.24, 2.45) is 11.8 Å². The number of ether oxygens (including phenoxy) is 1. The average Bonchev–Trinajstić information content (AvgIpc) is 3.33. The van der Waals surface area contributed by atoms with Crippen molar-refractivity contribution in [3.63, 3.8) is 0 Å². The third-order valence-electron chi connectivity index (χ3n) is 6.56. The van der Waals surface area contributed by atoms with Gasteiger partial charge in [-0.05, 0) is 37.6 Å². The molecule has 5 rings (SSSR count). The van der Waals surface area contributed by atoms with Crippen molar-refractivity contribution in [1.82, 2.24) is 9.80 Å². The van der Waals surface area contributed by atoms with E-state index >= 15 is 0 Å². The van der Waals surface area contributed by atoms with E-state index in [-0.39, 0.29) is 30.3 Å². The van der Waals surface area contributed by atoms with Crippen LogP contribution in [0.25, 0.3) is 0 Å². The van der Waals surface area contributed by atoms with E-state index in [0.717, 1.165) is 35.1 Å². The van der Waals surface area contributed by atoms with Crippen molar-refractivity contribution < 1.29 is 19.1 Å². The van der Waals surface area contributed by atoms with Crippen LogP contribution in [0.3, 0.4) is 0 Å². The van der Waals surface area contributed by atoms with Crippen molar-refractivity contribution in [3.8, 4) is 0 Å². The second-order valence-electron chi connectivity index (χ2n) is 7.64. The van der Waals surface area contributed by atoms with Crippen LogP contribution in [-0.2, 0) is 24.7 Å². The van der Waals surface area contributed by atoms with Gasteiger partial charge in [0.05, 0.1) is 25.0 Å². The van der Waals surface area contributed by atoms with Crippen molar-refractivity contribution in [2.45, 2.75) is 24.4 Å². The summed E-state index contributed by atoms with van der Waals surface area (Å²) in [5.74, 6) is -1.74. The highest BCUT2D eigenvalue weighted by Crippen LogP contribution is 2.60. The molecule has 1 aromatic carbocycles. The standard InChI is InChI=1S/C19H20BrN3O4/c1-27-8-7-22-16(24)14-13-3-2-6-23(13)19(15(14)17(22)25)11-9-10(20)4-5-12(11)21-18(19)26/h4-5,9,13-15H,2-3,6-8H2,1H3,(H,21,26)/t13-,14+,15+,19-/m1/s1. The van der Waals surface area contributed by atoms with Crippen molar-refractivity contribution in [1.29, 1.82) is 0 Å². The quantitative estimate of drug-likeness (QED) is 0.727. The summed E-state index contributed by atoms with van der Waals surface area (Å²) in [6, 6.07) is 5.57. The molecule has 1 N–H and O–H groups in total. The van der Waals surface area contributed by atoms with Gasteiger partial charge in [0.25, 0.3) is 0 Å². The van der Waals surface area contributed by atoms with Crippen molar-refractivity contribution in [3.05, 3.63) is 28.2 Å². The highest BCUT2D eigenvalue weighted by Gasteiger charge is 2.74. The molecule has 3 amide bonds. The summed E-state index contributed by atoms with van der Waals surface area (Å²) < 4.78 is 5.93. The van der Waals surface area contributed by atoms with Gasteiger partial charge in [-0.2, -0.15) is 0 Å². The van der Waals surface area contributed by atoms with E-state index in [1.807, 2.05) is 18.2 Å². The molecule has 4 heterocycles. The molecule has 0 bridgehead atoms. The molecule has 4 aliphatic rings. The largest absolute Gasteiger partial charge is 0.383 e. The number of nitrogens with one attached hydrogen (secondary N) is 1. The minimum Gasteiger partial charge on any atom is -0.383 e. The summed E-state index contributed by atoms with van der Waals surface area (Å²) in [6.07, 6.45) is 1.75. The minimum absolute atomic E-state index is 0.0744. The van der Waals surface area contributed by atoms with Gasteiger partial charge in [-0.25, -0.2) is 0 Å². The Morgan fingerprint density at radius 1 is 1.30 bits per heavy atom. The number of hydrogen-bond acceptors (Lipinski definition) is 5. The number of imide groups is 1. The van der Waals surface area contributed by atoms with E-state index in [1.54, 1.807) is 7.11 Å². The zero-order valence-corrected chi connectivity index (χ0v) is 16.5. The Kier molecular flexibility index (Phi) is 3.76. The topological polar surface area (TPSA) is 79.0 Å². The maximum atomic E-state index is 13.4. The molecule has 3 saturated heterocycles. The van der Waals surface area contributed by atoms with E-state index in [4.69, 9.17) is 4.74 Å². The van der Waals surface area contributed by atoms with Gasteiger partial charge in [0.1, 0.15) is 5.54 Å². The molecule has 1 aromatic rings. The van der Waals surface area contributed by atoms with Crippen molar-refractivity contribution in [2.75, 3.05) is 32.1 Å². The van der Waals surface area contributed by atoms with Crippen LogP contribution in [0.15, 0.2) is 22.7 Å². The van der Waals surface area contributed by atoms with E-state index < -0.39 is 17.4 Å². The zero-order chi connectivity index (χ0) is 18.9. The first kappa shape index (κ1) is 17.3. The van der Waals surface area contributed by atoms with Crippen molar-refractivity contribution >= 4 is 39.3 Å². The predicted octanol–water partition coefficient (Wildman–Crippen LogP) is 1.32. The molecule has 4 aliphatic heterocycles. The van der Waals surface area contributed by atoms with Gasteiger partial charge in [-0.3, -0.25) is 24.2 Å². The molecule has 1 spiro atoms. The number of likely N-dealkylation sites (tertiary alicyclic amines) is 1. The van der Waals surface area contributed by atoms with Crippen LogP contribution in [0.4, 0.5) is 5.69 Å². The van der Waals surface area contributed by atoms with E-state index in [1.165, 1.54) is 4.90 Å². The highest BCUT2D eigenvalue weighted by molar-refractivity contribution is 9.10. The molecule has 0 aliphatic carbocycles. The number of amides is 3. The summed E-state index contributed by atoms with van der Waals surface area (Å²) in [5, 5.41) is 2.97. The van der Waals surface area contributed by atoms with Gasteiger partial charge >= 0.3 is 0 Å². The Hall–Kier alpha value is -1.77. The Labute approximate surface area is 165 Å². The summed E-state index contributed by atoms with van der Waals surface area (Å²) in [6.45, 7) is 1.25. The number of fused-ring (bicyclic) bond motifs is 7. The first-order valence-electron chi connectivity index (χ1n) is 9.24. The number of benzene rings is 1. The van der Waals surface area contributed by atoms with E-state index in [9.17, 15) is 14.4 Å². The maximum absolute atomic E-state index is 13.4. The van der Waals surface area contributed by atoms with Gasteiger partial charge in [0.2, 0.25) is 17.7 Å². The lowest BCUT2D eigenvalue weighted by Gasteiger charge is -2.36. The Morgan fingerprint density at radius 3 is 2.89 bits per heavy atom. The smallest absolute Gasteiger partial charge is 0.250 e. The summed E-state index contributed by atoms with van der Waals surface area (Å²) >= 11 is 3.50. The first-order valence-corrected chi connectivity index (χ1v) is 10.0. The molecule has 142 valence electrons. The lowest BCUT2D eigenvalue weighted by atomic mass is 9.75. The normalized spacial score (nSPS) is 34.4. The van der Waals surface area contributed by atoms with E-state index in [2.05, 4.69) is 26.1 Å². The molecular weight excluding hydrogens is 414 g/mol. The first-order chi connectivity index (χ1) is 13.0. The molecule has 7 nitrogen and oxygen atoms in total. The summed E-state index contributed by atoms with van der Waals surface area (Å²) in [4.78, 5) is 43.3. The number of hydrogen-bond donors (Lipinski definition) is 1. The fourth-order valence-electron chi connectivity index (χ4n) is 5.64. The van der Waals surface area contributed by atoms with Crippen LogP contribution >= 0.6 is 15.9 Å². The maximum Gasteiger partial charge on any atom is 0.250 e. The third-order valence-corrected chi connectivity index (χ3v) is 7.06. The van der Waals surface area contributed by atoms with Gasteiger partial charge < -0.3 is 10.1 Å². The molecule has 0 radical (unpaired) electrons. The van der Waals surface area contributed by atoms with Crippen LogP contribution in [0.1, 0.15) is 18.4 Å². The number of halogens is 1. The van der Waals surface area contributed by atoms with Gasteiger partial charge in [0, 0.05) is 28.9 Å². The summed E-state index contributed by atoms with van der Waals surface area (Å²) in [7, 11) is 1.55. The number of nitrogens with zero attached hydrogens (tertiary/aromatic N) is 2. The Bertz CT molecular complexity index is 875. The highest BCUT2D eigenvalue weighted by atomic mass is 79.9. The second kappa shape index (κ2) is 5.86. The minimum atomic E-state index is -1.10. The lowest BCUT2D eigenvalue weighted by molar-refractivity contribution is -0.146. The molecule has 3 fully saturated rings. The molecule has 8 heteroatoms. The van der Waals surface area contributed by atoms with Gasteiger partial charge in [-0.1, -0.05) is 15.9 Å².